The van der Waals surface area contributed by atoms with Crippen molar-refractivity contribution in [2.24, 2.45) is 4.99 Å². The van der Waals surface area contributed by atoms with Crippen molar-refractivity contribution >= 4 is 34.7 Å². The molecule has 10 nitrogen and oxygen atoms in total. The molecular formula is C28H35FN4O6. The van der Waals surface area contributed by atoms with Crippen LogP contribution in [-0.4, -0.2) is 66.3 Å². The highest BCUT2D eigenvalue weighted by Gasteiger charge is 2.22. The first-order chi connectivity index (χ1) is 18.9. The number of ether oxygens (including phenoxy) is 3. The van der Waals surface area contributed by atoms with E-state index >= 15 is 0 Å². The van der Waals surface area contributed by atoms with Crippen LogP contribution in [0.15, 0.2) is 39.7 Å². The molecule has 1 aliphatic rings. The number of halogens is 1. The van der Waals surface area contributed by atoms with Gasteiger partial charge in [-0.2, -0.15) is 9.37 Å². The second kappa shape index (κ2) is 13.3. The maximum Gasteiger partial charge on any atom is 0.303 e. The number of carboxylic acid groups (broad SMARTS) is 1. The lowest BCUT2D eigenvalue weighted by atomic mass is 10.0. The summed E-state index contributed by atoms with van der Waals surface area (Å²) in [7, 11) is 1.47. The van der Waals surface area contributed by atoms with Gasteiger partial charge in [0.05, 0.1) is 32.4 Å². The Morgan fingerprint density at radius 1 is 1.18 bits per heavy atom. The molecule has 11 heteroatoms. The molecule has 1 saturated heterocycles. The summed E-state index contributed by atoms with van der Waals surface area (Å²) in [6.07, 6.45) is 1.87. The number of aliphatic imine (C=N–C) groups is 1. The van der Waals surface area contributed by atoms with Crippen molar-refractivity contribution < 1.29 is 32.9 Å². The van der Waals surface area contributed by atoms with Crippen molar-refractivity contribution in [1.82, 2.24) is 9.88 Å². The minimum absolute atomic E-state index is 0.0739. The van der Waals surface area contributed by atoms with Crippen LogP contribution in [0.1, 0.15) is 45.1 Å². The van der Waals surface area contributed by atoms with Gasteiger partial charge >= 0.3 is 5.97 Å². The Labute approximate surface area is 226 Å². The van der Waals surface area contributed by atoms with E-state index in [1.54, 1.807) is 18.2 Å². The Hall–Kier alpha value is -3.86. The fourth-order valence-corrected chi connectivity index (χ4v) is 4.54. The SMILES string of the molecule is CCOc1cc(CN2CCC(Nc3nc4c(N=C(CCC(=O)O)OC)cccc4o3)CC2)cc(OCC)c1F. The minimum atomic E-state index is -0.917. The number of piperidine rings is 1. The monoisotopic (exact) mass is 542 g/mol. The number of hydrogen-bond acceptors (Lipinski definition) is 9. The maximum absolute atomic E-state index is 14.6. The third-order valence-corrected chi connectivity index (χ3v) is 6.42. The van der Waals surface area contributed by atoms with Crippen molar-refractivity contribution in [2.75, 3.05) is 38.7 Å². The number of rotatable bonds is 12. The van der Waals surface area contributed by atoms with Gasteiger partial charge in [0.2, 0.25) is 5.82 Å². The number of carbonyl (C=O) groups is 1. The molecule has 0 atom stereocenters. The maximum atomic E-state index is 14.6. The third kappa shape index (κ3) is 7.38. The fourth-order valence-electron chi connectivity index (χ4n) is 4.54. The van der Waals surface area contributed by atoms with E-state index in [0.29, 0.717) is 48.5 Å². The zero-order valence-electron chi connectivity index (χ0n) is 22.5. The van der Waals surface area contributed by atoms with E-state index in [2.05, 4.69) is 20.2 Å². The van der Waals surface area contributed by atoms with Gasteiger partial charge in [-0.1, -0.05) is 6.07 Å². The number of anilines is 1. The molecule has 0 unspecified atom stereocenters. The number of para-hydroxylation sites is 1. The van der Waals surface area contributed by atoms with Gasteiger partial charge in [-0.15, -0.1) is 0 Å². The Morgan fingerprint density at radius 3 is 2.49 bits per heavy atom. The van der Waals surface area contributed by atoms with Gasteiger partial charge in [-0.25, -0.2) is 4.99 Å². The van der Waals surface area contributed by atoms with Gasteiger partial charge in [-0.05, 0) is 56.5 Å². The average molecular weight is 543 g/mol. The number of fused-ring (bicyclic) bond motifs is 1. The number of aliphatic carboxylic acids is 1. The third-order valence-electron chi connectivity index (χ3n) is 6.42. The summed E-state index contributed by atoms with van der Waals surface area (Å²) in [5, 5.41) is 12.3. The van der Waals surface area contributed by atoms with Crippen molar-refractivity contribution in [2.45, 2.75) is 52.1 Å². The first kappa shape index (κ1) is 28.2. The number of methoxy groups -OCH3 is 1. The molecule has 0 bridgehead atoms. The Bertz CT molecular complexity index is 1280. The number of carboxylic acids is 1. The predicted octanol–water partition coefficient (Wildman–Crippen LogP) is 5.38. The number of aromatic nitrogens is 1. The summed E-state index contributed by atoms with van der Waals surface area (Å²) in [6.45, 7) is 6.78. The van der Waals surface area contributed by atoms with E-state index < -0.39 is 11.8 Å². The van der Waals surface area contributed by atoms with Crippen LogP contribution in [0.5, 0.6) is 11.5 Å². The summed E-state index contributed by atoms with van der Waals surface area (Å²) >= 11 is 0. The van der Waals surface area contributed by atoms with Crippen LogP contribution in [-0.2, 0) is 16.1 Å². The molecule has 2 aromatic carbocycles. The van der Waals surface area contributed by atoms with Crippen LogP contribution >= 0.6 is 0 Å². The molecule has 1 fully saturated rings. The standard InChI is InChI=1S/C28H35FN4O6/c1-4-37-22-15-18(16-23(26(22)29)38-5-2)17-33-13-11-19(12-14-33)30-28-32-27-20(7-6-8-21(27)39-28)31-24(36-3)9-10-25(34)35/h6-8,15-16,19H,4-5,9-14,17H2,1-3H3,(H,30,32)(H,34,35). The molecule has 210 valence electrons. The molecule has 0 spiro atoms. The Kier molecular flexibility index (Phi) is 9.59. The number of oxazole rings is 1. The summed E-state index contributed by atoms with van der Waals surface area (Å²) < 4.78 is 36.7. The molecular weight excluding hydrogens is 507 g/mol. The molecule has 0 radical (unpaired) electrons. The summed E-state index contributed by atoms with van der Waals surface area (Å²) in [5.74, 6) is -0.627. The topological polar surface area (TPSA) is 119 Å². The highest BCUT2D eigenvalue weighted by atomic mass is 19.1. The summed E-state index contributed by atoms with van der Waals surface area (Å²) in [6, 6.07) is 9.50. The van der Waals surface area contributed by atoms with E-state index in [4.69, 9.17) is 23.7 Å². The Morgan fingerprint density at radius 2 is 1.87 bits per heavy atom. The number of benzene rings is 2. The molecule has 1 aliphatic heterocycles. The number of hydrogen-bond donors (Lipinski definition) is 2. The van der Waals surface area contributed by atoms with Crippen LogP contribution in [0.4, 0.5) is 16.1 Å². The van der Waals surface area contributed by atoms with Crippen LogP contribution in [0.3, 0.4) is 0 Å². The quantitative estimate of drug-likeness (QED) is 0.230. The fraction of sp³-hybridized carbons (Fsp3) is 0.464. The lowest BCUT2D eigenvalue weighted by molar-refractivity contribution is -0.136. The molecule has 1 aromatic heterocycles. The van der Waals surface area contributed by atoms with Gasteiger partial charge < -0.3 is 29.1 Å². The van der Waals surface area contributed by atoms with E-state index in [-0.39, 0.29) is 30.4 Å². The van der Waals surface area contributed by atoms with Gasteiger partial charge in [0.25, 0.3) is 6.01 Å². The summed E-state index contributed by atoms with van der Waals surface area (Å²) in [5.41, 5.74) is 2.66. The van der Waals surface area contributed by atoms with Crippen LogP contribution in [0.25, 0.3) is 11.1 Å². The lowest BCUT2D eigenvalue weighted by Gasteiger charge is -2.32. The first-order valence-electron chi connectivity index (χ1n) is 13.2. The smallest absolute Gasteiger partial charge is 0.303 e. The zero-order valence-corrected chi connectivity index (χ0v) is 22.5. The molecule has 39 heavy (non-hydrogen) atoms. The van der Waals surface area contributed by atoms with Crippen LogP contribution < -0.4 is 14.8 Å². The number of nitrogens with one attached hydrogen (secondary N) is 1. The van der Waals surface area contributed by atoms with E-state index in [9.17, 15) is 9.18 Å². The van der Waals surface area contributed by atoms with E-state index in [1.807, 2.05) is 26.0 Å². The highest BCUT2D eigenvalue weighted by molar-refractivity contribution is 5.91. The second-order valence-electron chi connectivity index (χ2n) is 9.21. The zero-order chi connectivity index (χ0) is 27.8. The minimum Gasteiger partial charge on any atom is -0.491 e. The number of likely N-dealkylation sites (tertiary alicyclic amines) is 1. The van der Waals surface area contributed by atoms with Gasteiger partial charge in [0.1, 0.15) is 5.52 Å². The van der Waals surface area contributed by atoms with Crippen LogP contribution in [0, 0.1) is 5.82 Å². The van der Waals surface area contributed by atoms with Crippen molar-refractivity contribution in [3.05, 3.63) is 41.7 Å². The van der Waals surface area contributed by atoms with Gasteiger partial charge in [0.15, 0.2) is 23.0 Å². The molecule has 3 aromatic rings. The average Bonchev–Trinajstić information content (AvgIpc) is 3.33. The summed E-state index contributed by atoms with van der Waals surface area (Å²) in [4.78, 5) is 22.3. The van der Waals surface area contributed by atoms with E-state index in [1.165, 1.54) is 7.11 Å². The van der Waals surface area contributed by atoms with Gasteiger partial charge in [-0.3, -0.25) is 9.69 Å². The molecule has 2 heterocycles. The van der Waals surface area contributed by atoms with E-state index in [0.717, 1.165) is 31.5 Å². The lowest BCUT2D eigenvalue weighted by Crippen LogP contribution is -2.38. The predicted molar refractivity (Wildman–Crippen MR) is 146 cm³/mol. The highest BCUT2D eigenvalue weighted by Crippen LogP contribution is 2.31. The van der Waals surface area contributed by atoms with Gasteiger partial charge in [0, 0.05) is 32.1 Å². The first-order valence-corrected chi connectivity index (χ1v) is 13.2. The Balaban J connectivity index is 1.38. The van der Waals surface area contributed by atoms with Crippen molar-refractivity contribution in [3.8, 4) is 11.5 Å². The molecule has 4 rings (SSSR count). The normalized spacial score (nSPS) is 14.9. The number of nitrogens with zero attached hydrogens (tertiary/aromatic N) is 3. The molecule has 2 N–H and O–H groups in total. The molecule has 0 saturated carbocycles. The largest absolute Gasteiger partial charge is 0.491 e. The molecule has 0 amide bonds. The van der Waals surface area contributed by atoms with Crippen molar-refractivity contribution in [1.29, 1.82) is 0 Å². The molecule has 0 aliphatic carbocycles. The van der Waals surface area contributed by atoms with Crippen molar-refractivity contribution in [3.63, 3.8) is 0 Å². The second-order valence-corrected chi connectivity index (χ2v) is 9.21. The van der Waals surface area contributed by atoms with Crippen LogP contribution in [0.2, 0.25) is 0 Å².